The number of amides is 1. The molecule has 1 N–H and O–H groups in total. The molecule has 0 aliphatic carbocycles. The number of rotatable bonds is 5. The number of nitrogens with zero attached hydrogens (tertiary/aromatic N) is 4. The molecule has 1 aliphatic heterocycles. The van der Waals surface area contributed by atoms with Gasteiger partial charge in [0, 0.05) is 19.0 Å². The van der Waals surface area contributed by atoms with Gasteiger partial charge in [0.15, 0.2) is 5.65 Å². The number of carbonyl (C=O) groups is 2. The average Bonchev–Trinajstić information content (AvgIpc) is 3.16. The van der Waals surface area contributed by atoms with E-state index in [-0.39, 0.29) is 12.5 Å². The van der Waals surface area contributed by atoms with E-state index in [2.05, 4.69) is 15.4 Å². The summed E-state index contributed by atoms with van der Waals surface area (Å²) in [5.41, 5.74) is 3.70. The highest BCUT2D eigenvalue weighted by Crippen LogP contribution is 2.31. The maximum atomic E-state index is 12.8. The Labute approximate surface area is 155 Å². The van der Waals surface area contributed by atoms with E-state index in [4.69, 9.17) is 4.74 Å². The second kappa shape index (κ2) is 6.71. The fourth-order valence-electron chi connectivity index (χ4n) is 3.28. The van der Waals surface area contributed by atoms with E-state index in [1.54, 1.807) is 24.0 Å². The molecule has 0 atom stereocenters. The van der Waals surface area contributed by atoms with Crippen LogP contribution in [0.5, 0.6) is 0 Å². The number of benzene rings is 1. The van der Waals surface area contributed by atoms with Crippen LogP contribution in [0.1, 0.15) is 22.8 Å². The van der Waals surface area contributed by atoms with Gasteiger partial charge >= 0.3 is 5.97 Å². The van der Waals surface area contributed by atoms with E-state index in [0.717, 1.165) is 22.3 Å². The summed E-state index contributed by atoms with van der Waals surface area (Å²) in [6.07, 6.45) is 3.45. The third kappa shape index (κ3) is 3.10. The highest BCUT2D eigenvalue weighted by Gasteiger charge is 2.31. The zero-order valence-electron chi connectivity index (χ0n) is 15.1. The molecule has 4 rings (SSSR count). The molecule has 0 radical (unpaired) electrons. The van der Waals surface area contributed by atoms with E-state index < -0.39 is 5.97 Å². The smallest absolute Gasteiger partial charge is 0.325 e. The summed E-state index contributed by atoms with van der Waals surface area (Å²) in [7, 11) is 1.84. The van der Waals surface area contributed by atoms with Gasteiger partial charge in [-0.3, -0.25) is 14.3 Å². The minimum absolute atomic E-state index is 0.0516. The predicted molar refractivity (Wildman–Crippen MR) is 99.6 cm³/mol. The lowest BCUT2D eigenvalue weighted by Crippen LogP contribution is -2.31. The van der Waals surface area contributed by atoms with Gasteiger partial charge in [0.25, 0.3) is 5.91 Å². The molecule has 0 saturated heterocycles. The summed E-state index contributed by atoms with van der Waals surface area (Å²) in [4.78, 5) is 30.5. The molecule has 0 unspecified atom stereocenters. The maximum Gasteiger partial charge on any atom is 0.325 e. The third-order valence-electron chi connectivity index (χ3n) is 4.49. The average molecular weight is 365 g/mol. The van der Waals surface area contributed by atoms with E-state index in [0.29, 0.717) is 24.4 Å². The Hall–Kier alpha value is -3.42. The van der Waals surface area contributed by atoms with Crippen LogP contribution in [0, 0.1) is 0 Å². The lowest BCUT2D eigenvalue weighted by molar-refractivity contribution is -0.143. The monoisotopic (exact) mass is 365 g/mol. The standard InChI is InChI=1S/C19H19N5O3/c1-3-27-16(25)11-24-10-12-5-4-6-15(17(12)19(24)26)22-14-7-13-8-21-23(2)18(13)20-9-14/h4-9,22H,3,10-11H2,1-2H3. The van der Waals surface area contributed by atoms with Gasteiger partial charge in [0.2, 0.25) is 0 Å². The Bertz CT molecular complexity index is 1040. The summed E-state index contributed by atoms with van der Waals surface area (Å²) in [6, 6.07) is 7.56. The molecule has 27 heavy (non-hydrogen) atoms. The second-order valence-corrected chi connectivity index (χ2v) is 6.34. The van der Waals surface area contributed by atoms with Crippen molar-refractivity contribution < 1.29 is 14.3 Å². The van der Waals surface area contributed by atoms with Gasteiger partial charge in [-0.2, -0.15) is 5.10 Å². The number of anilines is 2. The van der Waals surface area contributed by atoms with Crippen molar-refractivity contribution in [2.45, 2.75) is 13.5 Å². The Balaban J connectivity index is 1.60. The van der Waals surface area contributed by atoms with Crippen LogP contribution in [0.3, 0.4) is 0 Å². The first-order valence-corrected chi connectivity index (χ1v) is 8.68. The van der Waals surface area contributed by atoms with Gasteiger partial charge in [0.05, 0.1) is 35.9 Å². The van der Waals surface area contributed by atoms with Gasteiger partial charge in [-0.15, -0.1) is 0 Å². The fraction of sp³-hybridized carbons (Fsp3) is 0.263. The number of hydrogen-bond donors (Lipinski definition) is 1. The number of ether oxygens (including phenoxy) is 1. The number of hydrogen-bond acceptors (Lipinski definition) is 6. The topological polar surface area (TPSA) is 89.3 Å². The molecule has 8 heteroatoms. The molecule has 0 saturated carbocycles. The molecule has 0 bridgehead atoms. The van der Waals surface area contributed by atoms with E-state index >= 15 is 0 Å². The van der Waals surface area contributed by atoms with Crippen molar-refractivity contribution in [1.29, 1.82) is 0 Å². The van der Waals surface area contributed by atoms with Gasteiger partial charge in [0.1, 0.15) is 6.54 Å². The SMILES string of the molecule is CCOC(=O)CN1Cc2cccc(Nc3cnc4c(cnn4C)c3)c2C1=O. The van der Waals surface area contributed by atoms with Crippen LogP contribution in [0.2, 0.25) is 0 Å². The van der Waals surface area contributed by atoms with Crippen LogP contribution in [0.15, 0.2) is 36.7 Å². The molecule has 8 nitrogen and oxygen atoms in total. The first-order valence-electron chi connectivity index (χ1n) is 8.68. The normalized spacial score (nSPS) is 13.1. The molecule has 1 aromatic carbocycles. The van der Waals surface area contributed by atoms with Crippen LogP contribution in [0.4, 0.5) is 11.4 Å². The molecular weight excluding hydrogens is 346 g/mol. The Morgan fingerprint density at radius 2 is 2.19 bits per heavy atom. The van der Waals surface area contributed by atoms with Crippen LogP contribution in [0.25, 0.3) is 11.0 Å². The van der Waals surface area contributed by atoms with Crippen molar-refractivity contribution in [2.75, 3.05) is 18.5 Å². The van der Waals surface area contributed by atoms with E-state index in [1.165, 1.54) is 4.90 Å². The quantitative estimate of drug-likeness (QED) is 0.698. The molecular formula is C19H19N5O3. The van der Waals surface area contributed by atoms with Gasteiger partial charge < -0.3 is 15.0 Å². The lowest BCUT2D eigenvalue weighted by atomic mass is 10.1. The summed E-state index contributed by atoms with van der Waals surface area (Å²) in [5, 5.41) is 8.37. The number of pyridine rings is 1. The van der Waals surface area contributed by atoms with E-state index in [1.807, 2.05) is 31.3 Å². The number of nitrogens with one attached hydrogen (secondary N) is 1. The molecule has 138 valence electrons. The number of carbonyl (C=O) groups excluding carboxylic acids is 2. The molecule has 1 aliphatic rings. The minimum atomic E-state index is -0.403. The molecule has 3 heterocycles. The zero-order chi connectivity index (χ0) is 19.0. The molecule has 2 aromatic heterocycles. The number of aryl methyl sites for hydroxylation is 1. The summed E-state index contributed by atoms with van der Waals surface area (Å²) in [6.45, 7) is 2.38. The lowest BCUT2D eigenvalue weighted by Gasteiger charge is -2.14. The maximum absolute atomic E-state index is 12.8. The Morgan fingerprint density at radius 3 is 3.00 bits per heavy atom. The van der Waals surface area contributed by atoms with Gasteiger partial charge in [-0.1, -0.05) is 12.1 Å². The Morgan fingerprint density at radius 1 is 1.33 bits per heavy atom. The van der Waals surface area contributed by atoms with Crippen molar-refractivity contribution in [2.24, 2.45) is 7.05 Å². The van der Waals surface area contributed by atoms with Crippen molar-refractivity contribution in [1.82, 2.24) is 19.7 Å². The summed E-state index contributed by atoms with van der Waals surface area (Å²) >= 11 is 0. The van der Waals surface area contributed by atoms with Gasteiger partial charge in [-0.25, -0.2) is 4.98 Å². The summed E-state index contributed by atoms with van der Waals surface area (Å²) < 4.78 is 6.66. The fourth-order valence-corrected chi connectivity index (χ4v) is 3.28. The first-order chi connectivity index (χ1) is 13.1. The van der Waals surface area contributed by atoms with Crippen molar-refractivity contribution in [3.63, 3.8) is 0 Å². The highest BCUT2D eigenvalue weighted by molar-refractivity contribution is 6.05. The highest BCUT2D eigenvalue weighted by atomic mass is 16.5. The predicted octanol–water partition coefficient (Wildman–Crippen LogP) is 2.23. The van der Waals surface area contributed by atoms with Crippen molar-refractivity contribution in [3.8, 4) is 0 Å². The van der Waals surface area contributed by atoms with Crippen LogP contribution in [-0.4, -0.2) is 44.7 Å². The first kappa shape index (κ1) is 17.0. The Kier molecular flexibility index (Phi) is 4.23. The molecule has 0 fully saturated rings. The van der Waals surface area contributed by atoms with Crippen LogP contribution < -0.4 is 5.32 Å². The molecule has 1 amide bonds. The molecule has 0 spiro atoms. The third-order valence-corrected chi connectivity index (χ3v) is 4.49. The van der Waals surface area contributed by atoms with E-state index in [9.17, 15) is 9.59 Å². The van der Waals surface area contributed by atoms with Crippen LogP contribution >= 0.6 is 0 Å². The van der Waals surface area contributed by atoms with Gasteiger partial charge in [-0.05, 0) is 24.6 Å². The number of fused-ring (bicyclic) bond motifs is 2. The van der Waals surface area contributed by atoms with Crippen LogP contribution in [-0.2, 0) is 23.1 Å². The van der Waals surface area contributed by atoms with Crippen molar-refractivity contribution >= 4 is 34.3 Å². The molecule has 3 aromatic rings. The second-order valence-electron chi connectivity index (χ2n) is 6.34. The summed E-state index contributed by atoms with van der Waals surface area (Å²) in [5.74, 6) is -0.587. The largest absolute Gasteiger partial charge is 0.465 e. The zero-order valence-corrected chi connectivity index (χ0v) is 15.1. The minimum Gasteiger partial charge on any atom is -0.465 e. The number of esters is 1. The number of aromatic nitrogens is 3. The van der Waals surface area contributed by atoms with Crippen molar-refractivity contribution in [3.05, 3.63) is 47.8 Å².